The minimum atomic E-state index is -0.159. The molecule has 0 fully saturated rings. The summed E-state index contributed by atoms with van der Waals surface area (Å²) in [5.74, 6) is 1.75. The van der Waals surface area contributed by atoms with Crippen LogP contribution in [0, 0.1) is 0 Å². The second-order valence-corrected chi connectivity index (χ2v) is 14.1. The van der Waals surface area contributed by atoms with Gasteiger partial charge in [-0.05, 0) is 92.4 Å². The molecule has 0 spiro atoms. The lowest BCUT2D eigenvalue weighted by atomic mass is 9.81. The van der Waals surface area contributed by atoms with E-state index in [1.54, 1.807) is 0 Å². The summed E-state index contributed by atoms with van der Waals surface area (Å²) in [6.45, 7) is 4.72. The highest BCUT2D eigenvalue weighted by atomic mass is 16.5. The molecule has 0 saturated heterocycles. The van der Waals surface area contributed by atoms with Crippen LogP contribution in [-0.4, -0.2) is 0 Å². The maximum atomic E-state index is 6.81. The summed E-state index contributed by atoms with van der Waals surface area (Å²) in [4.78, 5) is 2.40. The fraction of sp³-hybridized carbons (Fsp3) is 0.0612. The Balaban J connectivity index is 1.14. The monoisotopic (exact) mass is 653 g/mol. The highest BCUT2D eigenvalue weighted by molar-refractivity contribution is 6.10. The number of fused-ring (bicyclic) bond motifs is 5. The third kappa shape index (κ3) is 4.57. The molecular weight excluding hydrogens is 619 g/mol. The molecule has 8 aromatic carbocycles. The van der Waals surface area contributed by atoms with Crippen LogP contribution in [-0.2, 0) is 5.41 Å². The number of hydrogen-bond donors (Lipinski definition) is 0. The topological polar surface area (TPSA) is 12.5 Å². The highest BCUT2D eigenvalue weighted by Gasteiger charge is 2.38. The van der Waals surface area contributed by atoms with E-state index in [1.165, 1.54) is 55.5 Å². The maximum Gasteiger partial charge on any atom is 0.137 e. The van der Waals surface area contributed by atoms with E-state index in [1.807, 2.05) is 0 Å². The third-order valence-electron chi connectivity index (χ3n) is 10.9. The lowest BCUT2D eigenvalue weighted by Gasteiger charge is -2.30. The largest absolute Gasteiger partial charge is 0.456 e. The van der Waals surface area contributed by atoms with Crippen molar-refractivity contribution >= 4 is 27.8 Å². The van der Waals surface area contributed by atoms with Crippen LogP contribution < -0.4 is 9.64 Å². The maximum absolute atomic E-state index is 6.81. The lowest BCUT2D eigenvalue weighted by Crippen LogP contribution is -2.16. The van der Waals surface area contributed by atoms with Gasteiger partial charge in [0, 0.05) is 39.4 Å². The molecule has 0 atom stereocenters. The number of hydrogen-bond acceptors (Lipinski definition) is 2. The number of rotatable bonds is 5. The molecule has 1 aliphatic carbocycles. The second-order valence-electron chi connectivity index (χ2n) is 14.1. The average molecular weight is 654 g/mol. The Kier molecular flexibility index (Phi) is 6.56. The van der Waals surface area contributed by atoms with Gasteiger partial charge < -0.3 is 9.64 Å². The van der Waals surface area contributed by atoms with E-state index in [-0.39, 0.29) is 5.41 Å². The van der Waals surface area contributed by atoms with Gasteiger partial charge in [0.05, 0.1) is 5.69 Å². The number of anilines is 3. The number of para-hydroxylation sites is 1. The summed E-state index contributed by atoms with van der Waals surface area (Å²) >= 11 is 0. The Morgan fingerprint density at radius 1 is 0.431 bits per heavy atom. The lowest BCUT2D eigenvalue weighted by molar-refractivity contribution is 0.487. The zero-order valence-electron chi connectivity index (χ0n) is 28.6. The third-order valence-corrected chi connectivity index (χ3v) is 10.9. The SMILES string of the molecule is CC1(C)c2cc(-c3ccccc3)ccc2-c2c(N(c3ccccc3)c3ccc4c(c3)Oc3ccc(-c5ccccc5)c5cccc-4c35)cccc21. The van der Waals surface area contributed by atoms with E-state index in [9.17, 15) is 0 Å². The quantitative estimate of drug-likeness (QED) is 0.183. The van der Waals surface area contributed by atoms with E-state index in [0.717, 1.165) is 39.5 Å². The number of nitrogens with zero attached hydrogens (tertiary/aromatic N) is 1. The Morgan fingerprint density at radius 3 is 1.90 bits per heavy atom. The van der Waals surface area contributed by atoms with Gasteiger partial charge in [0.1, 0.15) is 11.5 Å². The molecule has 8 aromatic rings. The van der Waals surface area contributed by atoms with E-state index in [2.05, 4.69) is 195 Å². The molecule has 0 saturated carbocycles. The summed E-state index contributed by atoms with van der Waals surface area (Å²) in [6, 6.07) is 63.4. The molecule has 2 heteroatoms. The van der Waals surface area contributed by atoms with Crippen molar-refractivity contribution in [2.24, 2.45) is 0 Å². The summed E-state index contributed by atoms with van der Waals surface area (Å²) in [5, 5.41) is 2.36. The van der Waals surface area contributed by atoms with E-state index < -0.39 is 0 Å². The van der Waals surface area contributed by atoms with Gasteiger partial charge >= 0.3 is 0 Å². The van der Waals surface area contributed by atoms with Gasteiger partial charge in [0.2, 0.25) is 0 Å². The molecule has 0 unspecified atom stereocenters. The Bertz CT molecular complexity index is 2620. The van der Waals surface area contributed by atoms with E-state index in [0.29, 0.717) is 0 Å². The van der Waals surface area contributed by atoms with Crippen LogP contribution in [0.5, 0.6) is 11.5 Å². The first-order valence-corrected chi connectivity index (χ1v) is 17.7. The second kappa shape index (κ2) is 11.3. The molecule has 10 rings (SSSR count). The molecule has 1 heterocycles. The molecule has 1 aliphatic heterocycles. The molecule has 0 N–H and O–H groups in total. The first kappa shape index (κ1) is 29.5. The molecular formula is C49H35NO. The minimum Gasteiger partial charge on any atom is -0.456 e. The van der Waals surface area contributed by atoms with Crippen LogP contribution in [0.3, 0.4) is 0 Å². The van der Waals surface area contributed by atoms with Crippen molar-refractivity contribution < 1.29 is 4.74 Å². The molecule has 2 aliphatic rings. The van der Waals surface area contributed by atoms with Gasteiger partial charge in [0.25, 0.3) is 0 Å². The normalized spacial score (nSPS) is 13.2. The summed E-state index contributed by atoms with van der Waals surface area (Å²) < 4.78 is 6.81. The smallest absolute Gasteiger partial charge is 0.137 e. The molecule has 51 heavy (non-hydrogen) atoms. The van der Waals surface area contributed by atoms with Crippen molar-refractivity contribution in [3.05, 3.63) is 187 Å². The Hall–Kier alpha value is -6.38. The molecule has 0 bridgehead atoms. The Labute approximate surface area is 298 Å². The predicted octanol–water partition coefficient (Wildman–Crippen LogP) is 13.7. The first-order chi connectivity index (χ1) is 25.1. The summed E-state index contributed by atoms with van der Waals surface area (Å²) in [6.07, 6.45) is 0. The van der Waals surface area contributed by atoms with Crippen molar-refractivity contribution in [1.82, 2.24) is 0 Å². The fourth-order valence-corrected chi connectivity index (χ4v) is 8.40. The summed E-state index contributed by atoms with van der Waals surface area (Å²) in [7, 11) is 0. The fourth-order valence-electron chi connectivity index (χ4n) is 8.40. The zero-order chi connectivity index (χ0) is 34.1. The van der Waals surface area contributed by atoms with Gasteiger partial charge in [-0.3, -0.25) is 0 Å². The van der Waals surface area contributed by atoms with Crippen molar-refractivity contribution in [1.29, 1.82) is 0 Å². The van der Waals surface area contributed by atoms with Crippen LogP contribution >= 0.6 is 0 Å². The van der Waals surface area contributed by atoms with Crippen LogP contribution in [0.25, 0.3) is 55.3 Å². The first-order valence-electron chi connectivity index (χ1n) is 17.7. The van der Waals surface area contributed by atoms with Crippen LogP contribution in [0.4, 0.5) is 17.1 Å². The van der Waals surface area contributed by atoms with Gasteiger partial charge in [-0.15, -0.1) is 0 Å². The highest BCUT2D eigenvalue weighted by Crippen LogP contribution is 2.56. The van der Waals surface area contributed by atoms with Crippen LogP contribution in [0.15, 0.2) is 176 Å². The van der Waals surface area contributed by atoms with Crippen LogP contribution in [0.1, 0.15) is 25.0 Å². The van der Waals surface area contributed by atoms with Gasteiger partial charge in [0.15, 0.2) is 0 Å². The van der Waals surface area contributed by atoms with Crippen molar-refractivity contribution in [2.75, 3.05) is 4.90 Å². The average Bonchev–Trinajstić information content (AvgIpc) is 3.42. The van der Waals surface area contributed by atoms with Crippen molar-refractivity contribution in [2.45, 2.75) is 19.3 Å². The Morgan fingerprint density at radius 2 is 1.12 bits per heavy atom. The molecule has 0 aromatic heterocycles. The van der Waals surface area contributed by atoms with Crippen molar-refractivity contribution in [3.63, 3.8) is 0 Å². The standard InChI is InChI=1S/C49H35NO/c1-49(2)42-22-13-23-44(48(42)41-26-24-34(30-43(41)49)32-14-6-3-7-15-32)50(35-18-10-5-11-19-35)36-25-27-38-40-21-12-20-39-37(33-16-8-4-9-17-33)28-29-45(47(39)40)51-46(38)31-36/h3-31H,1-2H3. The minimum absolute atomic E-state index is 0.159. The molecule has 0 radical (unpaired) electrons. The zero-order valence-corrected chi connectivity index (χ0v) is 28.6. The number of benzene rings is 8. The summed E-state index contributed by atoms with van der Waals surface area (Å²) in [5.41, 5.74) is 15.6. The molecule has 0 amide bonds. The molecule has 242 valence electrons. The van der Waals surface area contributed by atoms with Gasteiger partial charge in [-0.2, -0.15) is 0 Å². The van der Waals surface area contributed by atoms with E-state index >= 15 is 0 Å². The van der Waals surface area contributed by atoms with Crippen LogP contribution in [0.2, 0.25) is 0 Å². The van der Waals surface area contributed by atoms with Gasteiger partial charge in [-0.25, -0.2) is 0 Å². The molecule has 2 nitrogen and oxygen atoms in total. The van der Waals surface area contributed by atoms with E-state index in [4.69, 9.17) is 4.74 Å². The van der Waals surface area contributed by atoms with Crippen molar-refractivity contribution in [3.8, 4) is 56.0 Å². The number of ether oxygens (including phenoxy) is 1. The van der Waals surface area contributed by atoms with Gasteiger partial charge in [-0.1, -0.05) is 141 Å². The predicted molar refractivity (Wildman–Crippen MR) is 213 cm³/mol.